The molecule has 0 aliphatic carbocycles. The molecule has 0 unspecified atom stereocenters. The van der Waals surface area contributed by atoms with Gasteiger partial charge >= 0.3 is 5.97 Å². The zero-order valence-corrected chi connectivity index (χ0v) is 13.6. The van der Waals surface area contributed by atoms with Crippen LogP contribution in [0.15, 0.2) is 59.4 Å². The van der Waals surface area contributed by atoms with E-state index in [9.17, 15) is 14.7 Å². The molecule has 128 valence electrons. The predicted molar refractivity (Wildman–Crippen MR) is 89.6 cm³/mol. The van der Waals surface area contributed by atoms with E-state index < -0.39 is 5.97 Å². The van der Waals surface area contributed by atoms with Crippen LogP contribution in [0.4, 0.5) is 0 Å². The van der Waals surface area contributed by atoms with Gasteiger partial charge in [0, 0.05) is 24.7 Å². The fourth-order valence-corrected chi connectivity index (χ4v) is 2.50. The summed E-state index contributed by atoms with van der Waals surface area (Å²) in [6.07, 6.45) is 3.12. The average molecular weight is 339 g/mol. The Hall–Kier alpha value is -3.35. The van der Waals surface area contributed by atoms with Gasteiger partial charge < -0.3 is 14.4 Å². The number of carboxylic acids is 1. The molecule has 1 N–H and O–H groups in total. The molecule has 0 spiro atoms. The first kappa shape index (κ1) is 16.5. The molecule has 0 aliphatic heterocycles. The summed E-state index contributed by atoms with van der Waals surface area (Å²) in [6, 6.07) is 12.1. The van der Waals surface area contributed by atoms with Crippen molar-refractivity contribution in [3.8, 4) is 5.69 Å². The number of furan rings is 1. The standard InChI is InChI=1S/C18H17N3O4/c1-2-20(11-13-8-9-25-12-13)17(22)16-10-15(18(23)24)19-21(16)14-6-4-3-5-7-14/h3-10,12H,2,11H2,1H3,(H,23,24). The lowest BCUT2D eigenvalue weighted by Crippen LogP contribution is -2.31. The van der Waals surface area contributed by atoms with Crippen molar-refractivity contribution in [2.45, 2.75) is 13.5 Å². The lowest BCUT2D eigenvalue weighted by atomic mass is 10.2. The largest absolute Gasteiger partial charge is 0.476 e. The highest BCUT2D eigenvalue weighted by molar-refractivity contribution is 5.96. The van der Waals surface area contributed by atoms with Gasteiger partial charge in [0.1, 0.15) is 5.69 Å². The summed E-state index contributed by atoms with van der Waals surface area (Å²) >= 11 is 0. The van der Waals surface area contributed by atoms with Crippen LogP contribution in [-0.4, -0.2) is 38.2 Å². The minimum Gasteiger partial charge on any atom is -0.476 e. The van der Waals surface area contributed by atoms with Crippen LogP contribution < -0.4 is 0 Å². The number of carboxylic acid groups (broad SMARTS) is 1. The number of hydrogen-bond donors (Lipinski definition) is 1. The van der Waals surface area contributed by atoms with Crippen molar-refractivity contribution in [2.75, 3.05) is 6.54 Å². The summed E-state index contributed by atoms with van der Waals surface area (Å²) in [5, 5.41) is 13.3. The van der Waals surface area contributed by atoms with E-state index in [1.165, 1.54) is 10.7 Å². The Morgan fingerprint density at radius 1 is 1.24 bits per heavy atom. The maximum Gasteiger partial charge on any atom is 0.356 e. The first-order valence-corrected chi connectivity index (χ1v) is 7.79. The van der Waals surface area contributed by atoms with Crippen LogP contribution >= 0.6 is 0 Å². The Labute approximate surface area is 144 Å². The van der Waals surface area contributed by atoms with E-state index in [1.807, 2.05) is 13.0 Å². The molecule has 7 heteroatoms. The molecular formula is C18H17N3O4. The highest BCUT2D eigenvalue weighted by Gasteiger charge is 2.23. The smallest absolute Gasteiger partial charge is 0.356 e. The second-order valence-electron chi connectivity index (χ2n) is 5.42. The van der Waals surface area contributed by atoms with Crippen molar-refractivity contribution in [3.63, 3.8) is 0 Å². The summed E-state index contributed by atoms with van der Waals surface area (Å²) in [6.45, 7) is 2.69. The number of amides is 1. The monoisotopic (exact) mass is 339 g/mol. The third kappa shape index (κ3) is 3.45. The maximum atomic E-state index is 13.0. The van der Waals surface area contributed by atoms with Crippen molar-refractivity contribution in [3.05, 3.63) is 71.9 Å². The van der Waals surface area contributed by atoms with Crippen molar-refractivity contribution in [2.24, 2.45) is 0 Å². The molecule has 1 amide bonds. The van der Waals surface area contributed by atoms with Gasteiger partial charge in [0.05, 0.1) is 18.2 Å². The molecule has 2 aromatic heterocycles. The minimum absolute atomic E-state index is 0.174. The number of aromatic nitrogens is 2. The molecule has 3 rings (SSSR count). The number of para-hydroxylation sites is 1. The third-order valence-electron chi connectivity index (χ3n) is 3.77. The Balaban J connectivity index is 1.99. The van der Waals surface area contributed by atoms with Crippen molar-refractivity contribution >= 4 is 11.9 Å². The normalized spacial score (nSPS) is 10.6. The summed E-state index contributed by atoms with van der Waals surface area (Å²) in [7, 11) is 0. The zero-order valence-electron chi connectivity index (χ0n) is 13.6. The van der Waals surface area contributed by atoms with Crippen LogP contribution in [0.25, 0.3) is 5.69 Å². The summed E-state index contributed by atoms with van der Waals surface area (Å²) in [5.74, 6) is -1.48. The molecule has 0 saturated carbocycles. The topological polar surface area (TPSA) is 88.6 Å². The summed E-state index contributed by atoms with van der Waals surface area (Å²) in [5.41, 5.74) is 1.51. The minimum atomic E-state index is -1.18. The molecule has 25 heavy (non-hydrogen) atoms. The zero-order chi connectivity index (χ0) is 17.8. The molecule has 0 aliphatic rings. The van der Waals surface area contributed by atoms with Crippen molar-refractivity contribution in [1.29, 1.82) is 0 Å². The summed E-state index contributed by atoms with van der Waals surface area (Å²) < 4.78 is 6.41. The highest BCUT2D eigenvalue weighted by atomic mass is 16.4. The summed E-state index contributed by atoms with van der Waals surface area (Å²) in [4.78, 5) is 25.9. The van der Waals surface area contributed by atoms with Crippen LogP contribution in [0, 0.1) is 0 Å². The molecule has 1 aromatic carbocycles. The van der Waals surface area contributed by atoms with Crippen LogP contribution in [0.3, 0.4) is 0 Å². The van der Waals surface area contributed by atoms with Crippen molar-refractivity contribution in [1.82, 2.24) is 14.7 Å². The molecule has 0 saturated heterocycles. The molecule has 0 atom stereocenters. The van der Waals surface area contributed by atoms with E-state index in [4.69, 9.17) is 4.42 Å². The second kappa shape index (κ2) is 7.04. The first-order chi connectivity index (χ1) is 12.1. The van der Waals surface area contributed by atoms with Gasteiger partial charge in [-0.1, -0.05) is 18.2 Å². The average Bonchev–Trinajstić information content (AvgIpc) is 3.29. The van der Waals surface area contributed by atoms with Crippen LogP contribution in [0.1, 0.15) is 33.5 Å². The van der Waals surface area contributed by atoms with Gasteiger partial charge in [-0.2, -0.15) is 5.10 Å². The van der Waals surface area contributed by atoms with Gasteiger partial charge in [-0.25, -0.2) is 9.48 Å². The van der Waals surface area contributed by atoms with Gasteiger partial charge in [-0.15, -0.1) is 0 Å². The van der Waals surface area contributed by atoms with Gasteiger partial charge in [-0.3, -0.25) is 4.79 Å². The van der Waals surface area contributed by atoms with E-state index in [-0.39, 0.29) is 17.3 Å². The number of aromatic carboxylic acids is 1. The Bertz CT molecular complexity index is 869. The number of benzene rings is 1. The quantitative estimate of drug-likeness (QED) is 0.746. The maximum absolute atomic E-state index is 13.0. The molecule has 0 fully saturated rings. The van der Waals surface area contributed by atoms with Crippen LogP contribution in [0.2, 0.25) is 0 Å². The SMILES string of the molecule is CCN(Cc1ccoc1)C(=O)c1cc(C(=O)O)nn1-c1ccccc1. The lowest BCUT2D eigenvalue weighted by molar-refractivity contribution is 0.0689. The van der Waals surface area contributed by atoms with E-state index in [0.717, 1.165) is 5.56 Å². The van der Waals surface area contributed by atoms with E-state index >= 15 is 0 Å². The fraction of sp³-hybridized carbons (Fsp3) is 0.167. The number of rotatable bonds is 6. The van der Waals surface area contributed by atoms with Gasteiger partial charge in [0.25, 0.3) is 5.91 Å². The molecule has 0 radical (unpaired) electrons. The molecule has 0 bridgehead atoms. The number of carbonyl (C=O) groups is 2. The Kier molecular flexibility index (Phi) is 4.65. The lowest BCUT2D eigenvalue weighted by Gasteiger charge is -2.20. The van der Waals surface area contributed by atoms with Gasteiger partial charge in [0.15, 0.2) is 5.69 Å². The molecule has 7 nitrogen and oxygen atoms in total. The fourth-order valence-electron chi connectivity index (χ4n) is 2.50. The Morgan fingerprint density at radius 2 is 2.00 bits per heavy atom. The van der Waals surface area contributed by atoms with E-state index in [0.29, 0.717) is 18.8 Å². The Morgan fingerprint density at radius 3 is 2.60 bits per heavy atom. The van der Waals surface area contributed by atoms with E-state index in [1.54, 1.807) is 47.8 Å². The molecule has 2 heterocycles. The van der Waals surface area contributed by atoms with Crippen LogP contribution in [0.5, 0.6) is 0 Å². The molecular weight excluding hydrogens is 322 g/mol. The van der Waals surface area contributed by atoms with Crippen molar-refractivity contribution < 1.29 is 19.1 Å². The third-order valence-corrected chi connectivity index (χ3v) is 3.77. The van der Waals surface area contributed by atoms with Crippen LogP contribution in [-0.2, 0) is 6.54 Å². The van der Waals surface area contributed by atoms with Gasteiger partial charge in [-0.05, 0) is 25.1 Å². The highest BCUT2D eigenvalue weighted by Crippen LogP contribution is 2.16. The number of hydrogen-bond acceptors (Lipinski definition) is 4. The van der Waals surface area contributed by atoms with E-state index in [2.05, 4.69) is 5.10 Å². The second-order valence-corrected chi connectivity index (χ2v) is 5.42. The number of nitrogens with zero attached hydrogens (tertiary/aromatic N) is 3. The number of carbonyl (C=O) groups excluding carboxylic acids is 1. The first-order valence-electron chi connectivity index (χ1n) is 7.79. The molecule has 3 aromatic rings. The van der Waals surface area contributed by atoms with Gasteiger partial charge in [0.2, 0.25) is 0 Å². The predicted octanol–water partition coefficient (Wildman–Crippen LogP) is 2.83.